The second kappa shape index (κ2) is 6.40. The van der Waals surface area contributed by atoms with Gasteiger partial charge in [0.1, 0.15) is 0 Å². The van der Waals surface area contributed by atoms with Gasteiger partial charge in [0.15, 0.2) is 0 Å². The first-order valence-corrected chi connectivity index (χ1v) is 5.20. The molecule has 2 N–H and O–H groups in total. The smallest absolute Gasteiger partial charge is 0.311 e. The van der Waals surface area contributed by atoms with Crippen molar-refractivity contribution < 1.29 is 9.59 Å². The number of amides is 2. The van der Waals surface area contributed by atoms with Gasteiger partial charge in [0.25, 0.3) is 0 Å². The molecule has 2 amide bonds. The van der Waals surface area contributed by atoms with Crippen LogP contribution in [0.5, 0.6) is 0 Å². The van der Waals surface area contributed by atoms with Crippen LogP contribution in [0.25, 0.3) is 0 Å². The standard InChI is InChI=1S/C8H14N2O2.C2H6/c1-6-3-2-4-10(5-6)8(12)7(9)11;1-2/h6H,2-5H2,1H3,(H2,9,11);1-2H3. The van der Waals surface area contributed by atoms with Gasteiger partial charge in [-0.25, -0.2) is 0 Å². The molecule has 0 aromatic carbocycles. The largest absolute Gasteiger partial charge is 0.361 e. The molecule has 1 fully saturated rings. The van der Waals surface area contributed by atoms with Gasteiger partial charge in [-0.15, -0.1) is 0 Å². The second-order valence-corrected chi connectivity index (χ2v) is 3.36. The number of hydrogen-bond acceptors (Lipinski definition) is 2. The van der Waals surface area contributed by atoms with Gasteiger partial charge in [-0.05, 0) is 18.8 Å². The Balaban J connectivity index is 0.000000791. The van der Waals surface area contributed by atoms with Crippen molar-refractivity contribution in [3.05, 3.63) is 0 Å². The number of nitrogens with two attached hydrogens (primary N) is 1. The van der Waals surface area contributed by atoms with Gasteiger partial charge in [-0.1, -0.05) is 20.8 Å². The lowest BCUT2D eigenvalue weighted by molar-refractivity contribution is -0.145. The van der Waals surface area contributed by atoms with Gasteiger partial charge in [0.2, 0.25) is 0 Å². The molecule has 1 aliphatic heterocycles. The Morgan fingerprint density at radius 2 is 1.93 bits per heavy atom. The fourth-order valence-corrected chi connectivity index (χ4v) is 1.53. The predicted molar refractivity (Wildman–Crippen MR) is 55.5 cm³/mol. The summed E-state index contributed by atoms with van der Waals surface area (Å²) in [7, 11) is 0. The Bertz CT molecular complexity index is 204. The average molecular weight is 200 g/mol. The molecule has 1 aliphatic rings. The van der Waals surface area contributed by atoms with E-state index in [4.69, 9.17) is 5.73 Å². The molecule has 1 rings (SSSR count). The van der Waals surface area contributed by atoms with Crippen LogP contribution in [0.15, 0.2) is 0 Å². The van der Waals surface area contributed by atoms with Crippen LogP contribution in [0.1, 0.15) is 33.6 Å². The monoisotopic (exact) mass is 200 g/mol. The van der Waals surface area contributed by atoms with Crippen molar-refractivity contribution in [1.82, 2.24) is 4.90 Å². The number of carbonyl (C=O) groups excluding carboxylic acids is 2. The fraction of sp³-hybridized carbons (Fsp3) is 0.800. The van der Waals surface area contributed by atoms with Crippen molar-refractivity contribution in [2.24, 2.45) is 11.7 Å². The maximum atomic E-state index is 11.1. The summed E-state index contributed by atoms with van der Waals surface area (Å²) < 4.78 is 0. The highest BCUT2D eigenvalue weighted by Gasteiger charge is 2.23. The molecule has 4 nitrogen and oxygen atoms in total. The summed E-state index contributed by atoms with van der Waals surface area (Å²) in [6.07, 6.45) is 2.10. The van der Waals surface area contributed by atoms with Crippen LogP contribution in [0.3, 0.4) is 0 Å². The topological polar surface area (TPSA) is 63.4 Å². The van der Waals surface area contributed by atoms with Gasteiger partial charge in [-0.3, -0.25) is 9.59 Å². The summed E-state index contributed by atoms with van der Waals surface area (Å²) >= 11 is 0. The molecule has 1 saturated heterocycles. The summed E-state index contributed by atoms with van der Waals surface area (Å²) in [5, 5.41) is 0. The molecule has 0 spiro atoms. The number of nitrogens with zero attached hydrogens (tertiary/aromatic N) is 1. The highest BCUT2D eigenvalue weighted by Crippen LogP contribution is 2.14. The highest BCUT2D eigenvalue weighted by molar-refractivity contribution is 6.34. The van der Waals surface area contributed by atoms with Crippen molar-refractivity contribution in [2.75, 3.05) is 13.1 Å². The lowest BCUT2D eigenvalue weighted by Gasteiger charge is -2.29. The first kappa shape index (κ1) is 12.9. The minimum absolute atomic E-state index is 0.488. The van der Waals surface area contributed by atoms with Crippen LogP contribution < -0.4 is 5.73 Å². The number of carbonyl (C=O) groups is 2. The van der Waals surface area contributed by atoms with Crippen LogP contribution in [0.4, 0.5) is 0 Å². The third kappa shape index (κ3) is 3.77. The maximum absolute atomic E-state index is 11.1. The van der Waals surface area contributed by atoms with E-state index in [2.05, 4.69) is 6.92 Å². The average Bonchev–Trinajstić information content (AvgIpc) is 2.19. The zero-order chi connectivity index (χ0) is 11.1. The Morgan fingerprint density at radius 1 is 1.36 bits per heavy atom. The third-order valence-electron chi connectivity index (χ3n) is 2.16. The van der Waals surface area contributed by atoms with E-state index in [1.807, 2.05) is 13.8 Å². The SMILES string of the molecule is CC.CC1CCCN(C(=O)C(N)=O)C1. The molecule has 0 bridgehead atoms. The van der Waals surface area contributed by atoms with Gasteiger partial charge in [0, 0.05) is 13.1 Å². The summed E-state index contributed by atoms with van der Waals surface area (Å²) in [6.45, 7) is 7.41. The maximum Gasteiger partial charge on any atom is 0.311 e. The van der Waals surface area contributed by atoms with Gasteiger partial charge in [0.05, 0.1) is 0 Å². The van der Waals surface area contributed by atoms with Crippen molar-refractivity contribution in [2.45, 2.75) is 33.6 Å². The summed E-state index contributed by atoms with van der Waals surface area (Å²) in [4.78, 5) is 23.2. The Hall–Kier alpha value is -1.06. The zero-order valence-electron chi connectivity index (χ0n) is 9.25. The Kier molecular flexibility index (Phi) is 5.92. The lowest BCUT2D eigenvalue weighted by atomic mass is 10.0. The van der Waals surface area contributed by atoms with Crippen LogP contribution in [-0.4, -0.2) is 29.8 Å². The number of primary amides is 1. The first-order chi connectivity index (χ1) is 6.61. The van der Waals surface area contributed by atoms with Gasteiger partial charge >= 0.3 is 11.8 Å². The summed E-state index contributed by atoms with van der Waals surface area (Å²) in [5.74, 6) is -0.896. The molecule has 0 aliphatic carbocycles. The van der Waals surface area contributed by atoms with E-state index in [1.54, 1.807) is 0 Å². The number of rotatable bonds is 0. The molecular formula is C10H20N2O2. The van der Waals surface area contributed by atoms with Crippen molar-refractivity contribution >= 4 is 11.8 Å². The lowest BCUT2D eigenvalue weighted by Crippen LogP contribution is -2.45. The molecule has 14 heavy (non-hydrogen) atoms. The van der Waals surface area contributed by atoms with Crippen LogP contribution in [0, 0.1) is 5.92 Å². The molecule has 0 saturated carbocycles. The minimum Gasteiger partial charge on any atom is -0.361 e. The van der Waals surface area contributed by atoms with Crippen molar-refractivity contribution in [3.8, 4) is 0 Å². The predicted octanol–water partition coefficient (Wildman–Crippen LogP) is 0.756. The van der Waals surface area contributed by atoms with E-state index < -0.39 is 11.8 Å². The minimum atomic E-state index is -0.843. The molecule has 0 radical (unpaired) electrons. The van der Waals surface area contributed by atoms with Crippen molar-refractivity contribution in [1.29, 1.82) is 0 Å². The summed E-state index contributed by atoms with van der Waals surface area (Å²) in [5.41, 5.74) is 4.88. The quantitative estimate of drug-likeness (QED) is 0.587. The van der Waals surface area contributed by atoms with E-state index in [9.17, 15) is 9.59 Å². The van der Waals surface area contributed by atoms with E-state index >= 15 is 0 Å². The molecule has 1 heterocycles. The Labute approximate surface area is 85.4 Å². The van der Waals surface area contributed by atoms with Crippen LogP contribution >= 0.6 is 0 Å². The molecule has 0 aromatic rings. The molecule has 82 valence electrons. The van der Waals surface area contributed by atoms with Crippen molar-refractivity contribution in [3.63, 3.8) is 0 Å². The number of hydrogen-bond donors (Lipinski definition) is 1. The Morgan fingerprint density at radius 3 is 2.36 bits per heavy atom. The van der Waals surface area contributed by atoms with Gasteiger partial charge in [-0.2, -0.15) is 0 Å². The number of likely N-dealkylation sites (tertiary alicyclic amines) is 1. The summed E-state index contributed by atoms with van der Waals surface area (Å²) in [6, 6.07) is 0. The van der Waals surface area contributed by atoms with E-state index in [0.717, 1.165) is 12.8 Å². The van der Waals surface area contributed by atoms with Gasteiger partial charge < -0.3 is 10.6 Å². The molecule has 4 heteroatoms. The van der Waals surface area contributed by atoms with Crippen LogP contribution in [-0.2, 0) is 9.59 Å². The molecule has 1 unspecified atom stereocenters. The number of piperidine rings is 1. The highest BCUT2D eigenvalue weighted by atomic mass is 16.2. The fourth-order valence-electron chi connectivity index (χ4n) is 1.53. The van der Waals surface area contributed by atoms with E-state index in [0.29, 0.717) is 19.0 Å². The third-order valence-corrected chi connectivity index (χ3v) is 2.16. The molecular weight excluding hydrogens is 180 g/mol. The van der Waals surface area contributed by atoms with Crippen LogP contribution in [0.2, 0.25) is 0 Å². The normalized spacial score (nSPS) is 20.8. The van der Waals surface area contributed by atoms with E-state index in [1.165, 1.54) is 4.90 Å². The van der Waals surface area contributed by atoms with E-state index in [-0.39, 0.29) is 0 Å². The second-order valence-electron chi connectivity index (χ2n) is 3.36. The molecule has 0 aromatic heterocycles. The zero-order valence-corrected chi connectivity index (χ0v) is 9.25. The molecule has 1 atom stereocenters. The first-order valence-electron chi connectivity index (χ1n) is 5.20.